The number of nitrogens with zero attached hydrogens (tertiary/aromatic N) is 3. The van der Waals surface area contributed by atoms with Gasteiger partial charge in [-0.3, -0.25) is 14.7 Å². The number of likely N-dealkylation sites (tertiary alicyclic amines) is 1. The van der Waals surface area contributed by atoms with Crippen molar-refractivity contribution >= 4 is 11.8 Å². The molecule has 0 bridgehead atoms. The summed E-state index contributed by atoms with van der Waals surface area (Å²) >= 11 is 0. The number of aromatic amines is 1. The SMILES string of the molecule is O=C(C1CCCCN1C(=O)c1ccccc1)N1CCc2[nH]nc(C3CC3)c2CC1. The van der Waals surface area contributed by atoms with Gasteiger partial charge in [0.25, 0.3) is 5.91 Å². The van der Waals surface area contributed by atoms with Gasteiger partial charge in [0.2, 0.25) is 5.91 Å². The molecular weight excluding hydrogens is 364 g/mol. The Bertz CT molecular complexity index is 903. The Hall–Kier alpha value is -2.63. The van der Waals surface area contributed by atoms with Crippen LogP contribution >= 0.6 is 0 Å². The van der Waals surface area contributed by atoms with Gasteiger partial charge in [0.1, 0.15) is 6.04 Å². The zero-order chi connectivity index (χ0) is 19.8. The number of carbonyl (C=O) groups excluding carboxylic acids is 2. The first-order valence-corrected chi connectivity index (χ1v) is 10.9. The van der Waals surface area contributed by atoms with Crippen LogP contribution in [0.5, 0.6) is 0 Å². The van der Waals surface area contributed by atoms with Crippen LogP contribution < -0.4 is 0 Å². The average molecular weight is 393 g/mol. The van der Waals surface area contributed by atoms with E-state index in [1.54, 1.807) is 0 Å². The lowest BCUT2D eigenvalue weighted by Crippen LogP contribution is -2.53. The average Bonchev–Trinajstić information content (AvgIpc) is 3.58. The largest absolute Gasteiger partial charge is 0.340 e. The van der Waals surface area contributed by atoms with E-state index in [9.17, 15) is 9.59 Å². The molecule has 0 spiro atoms. The van der Waals surface area contributed by atoms with Crippen molar-refractivity contribution in [3.05, 3.63) is 52.8 Å². The number of aromatic nitrogens is 2. The van der Waals surface area contributed by atoms with E-state index in [1.165, 1.54) is 29.8 Å². The van der Waals surface area contributed by atoms with Crippen molar-refractivity contribution in [2.75, 3.05) is 19.6 Å². The van der Waals surface area contributed by atoms with Gasteiger partial charge in [0.15, 0.2) is 0 Å². The fourth-order valence-corrected chi connectivity index (χ4v) is 4.81. The molecule has 1 aromatic heterocycles. The quantitative estimate of drug-likeness (QED) is 0.873. The third kappa shape index (κ3) is 3.56. The lowest BCUT2D eigenvalue weighted by atomic mass is 9.99. The number of piperidine rings is 1. The minimum atomic E-state index is -0.339. The fraction of sp³-hybridized carbons (Fsp3) is 0.522. The first-order chi connectivity index (χ1) is 14.2. The summed E-state index contributed by atoms with van der Waals surface area (Å²) in [6.07, 6.45) is 6.87. The molecule has 1 saturated carbocycles. The van der Waals surface area contributed by atoms with Crippen LogP contribution in [0.25, 0.3) is 0 Å². The van der Waals surface area contributed by atoms with Crippen LogP contribution in [0.1, 0.15) is 65.3 Å². The number of fused-ring (bicyclic) bond motifs is 1. The fourth-order valence-electron chi connectivity index (χ4n) is 4.81. The van der Waals surface area contributed by atoms with Crippen molar-refractivity contribution in [3.8, 4) is 0 Å². The molecule has 1 unspecified atom stereocenters. The summed E-state index contributed by atoms with van der Waals surface area (Å²) < 4.78 is 0. The van der Waals surface area contributed by atoms with E-state index in [-0.39, 0.29) is 17.9 Å². The van der Waals surface area contributed by atoms with Gasteiger partial charge in [-0.05, 0) is 56.2 Å². The molecule has 2 aliphatic heterocycles. The Morgan fingerprint density at radius 3 is 2.55 bits per heavy atom. The maximum Gasteiger partial charge on any atom is 0.254 e. The minimum Gasteiger partial charge on any atom is -0.340 e. The van der Waals surface area contributed by atoms with Gasteiger partial charge in [-0.15, -0.1) is 0 Å². The lowest BCUT2D eigenvalue weighted by Gasteiger charge is -2.37. The van der Waals surface area contributed by atoms with E-state index < -0.39 is 0 Å². The monoisotopic (exact) mass is 392 g/mol. The van der Waals surface area contributed by atoms with E-state index in [0.717, 1.165) is 38.6 Å². The van der Waals surface area contributed by atoms with Crippen LogP contribution in [-0.4, -0.2) is 57.5 Å². The molecule has 3 heterocycles. The highest BCUT2D eigenvalue weighted by Gasteiger charge is 2.37. The van der Waals surface area contributed by atoms with Gasteiger partial charge in [-0.2, -0.15) is 5.10 Å². The molecule has 2 aromatic rings. The number of rotatable bonds is 3. The van der Waals surface area contributed by atoms with Crippen LogP contribution in [0.4, 0.5) is 0 Å². The van der Waals surface area contributed by atoms with Crippen LogP contribution in [0.3, 0.4) is 0 Å². The third-order valence-electron chi connectivity index (χ3n) is 6.59. The lowest BCUT2D eigenvalue weighted by molar-refractivity contribution is -0.137. The number of benzene rings is 1. The molecule has 6 heteroatoms. The standard InChI is InChI=1S/C23H28N4O2/c28-22(17-6-2-1-3-7-17)27-13-5-4-8-20(27)23(29)26-14-11-18-19(12-15-26)24-25-21(18)16-9-10-16/h1-3,6-7,16,20H,4-5,8-15H2,(H,24,25). The summed E-state index contributed by atoms with van der Waals surface area (Å²) in [7, 11) is 0. The van der Waals surface area contributed by atoms with E-state index >= 15 is 0 Å². The maximum atomic E-state index is 13.5. The molecule has 5 rings (SSSR count). The van der Waals surface area contributed by atoms with Crippen LogP contribution in [-0.2, 0) is 17.6 Å². The summed E-state index contributed by atoms with van der Waals surface area (Å²) in [4.78, 5) is 30.3. The van der Waals surface area contributed by atoms with Crippen LogP contribution in [0.2, 0.25) is 0 Å². The second-order valence-electron chi connectivity index (χ2n) is 8.54. The van der Waals surface area contributed by atoms with Gasteiger partial charge in [0.05, 0.1) is 5.69 Å². The van der Waals surface area contributed by atoms with E-state index in [0.29, 0.717) is 24.6 Å². The Labute approximate surface area is 171 Å². The second kappa shape index (κ2) is 7.65. The van der Waals surface area contributed by atoms with Gasteiger partial charge in [0, 0.05) is 43.2 Å². The first-order valence-electron chi connectivity index (χ1n) is 10.9. The van der Waals surface area contributed by atoms with Crippen molar-refractivity contribution in [1.82, 2.24) is 20.0 Å². The van der Waals surface area contributed by atoms with E-state index in [2.05, 4.69) is 10.2 Å². The number of amides is 2. The van der Waals surface area contributed by atoms with E-state index in [4.69, 9.17) is 0 Å². The van der Waals surface area contributed by atoms with Crippen molar-refractivity contribution < 1.29 is 9.59 Å². The predicted molar refractivity (Wildman–Crippen MR) is 110 cm³/mol. The van der Waals surface area contributed by atoms with Crippen molar-refractivity contribution in [2.45, 2.75) is 56.9 Å². The summed E-state index contributed by atoms with van der Waals surface area (Å²) in [5, 5.41) is 7.77. The van der Waals surface area contributed by atoms with Crippen molar-refractivity contribution in [2.24, 2.45) is 0 Å². The highest BCUT2D eigenvalue weighted by atomic mass is 16.2. The highest BCUT2D eigenvalue weighted by molar-refractivity contribution is 5.97. The Balaban J connectivity index is 1.31. The second-order valence-corrected chi connectivity index (χ2v) is 8.54. The smallest absolute Gasteiger partial charge is 0.254 e. The summed E-state index contributed by atoms with van der Waals surface area (Å²) in [6.45, 7) is 2.07. The normalized spacial score (nSPS) is 22.1. The molecule has 1 saturated heterocycles. The summed E-state index contributed by atoms with van der Waals surface area (Å²) in [5.74, 6) is 0.707. The van der Waals surface area contributed by atoms with Gasteiger partial charge >= 0.3 is 0 Å². The van der Waals surface area contributed by atoms with Gasteiger partial charge in [-0.1, -0.05) is 18.2 Å². The van der Waals surface area contributed by atoms with Crippen LogP contribution in [0, 0.1) is 0 Å². The van der Waals surface area contributed by atoms with Crippen molar-refractivity contribution in [3.63, 3.8) is 0 Å². The number of H-pyrrole nitrogens is 1. The number of carbonyl (C=O) groups is 2. The minimum absolute atomic E-state index is 0.0242. The molecule has 1 aromatic carbocycles. The maximum absolute atomic E-state index is 13.5. The number of hydrogen-bond acceptors (Lipinski definition) is 3. The molecule has 0 radical (unpaired) electrons. The highest BCUT2D eigenvalue weighted by Crippen LogP contribution is 2.41. The molecular formula is C23H28N4O2. The zero-order valence-electron chi connectivity index (χ0n) is 16.8. The van der Waals surface area contributed by atoms with Crippen LogP contribution in [0.15, 0.2) is 30.3 Å². The molecule has 3 aliphatic rings. The van der Waals surface area contributed by atoms with Crippen molar-refractivity contribution in [1.29, 1.82) is 0 Å². The number of hydrogen-bond donors (Lipinski definition) is 1. The van der Waals surface area contributed by atoms with Gasteiger partial charge < -0.3 is 9.80 Å². The molecule has 152 valence electrons. The van der Waals surface area contributed by atoms with E-state index in [1.807, 2.05) is 40.1 Å². The first kappa shape index (κ1) is 18.4. The molecule has 29 heavy (non-hydrogen) atoms. The number of nitrogens with one attached hydrogen (secondary N) is 1. The Morgan fingerprint density at radius 2 is 1.76 bits per heavy atom. The molecule has 6 nitrogen and oxygen atoms in total. The summed E-state index contributed by atoms with van der Waals surface area (Å²) in [5.41, 5.74) is 4.43. The topological polar surface area (TPSA) is 69.3 Å². The summed E-state index contributed by atoms with van der Waals surface area (Å²) in [6, 6.07) is 9.00. The molecule has 1 N–H and O–H groups in total. The van der Waals surface area contributed by atoms with Gasteiger partial charge in [-0.25, -0.2) is 0 Å². The molecule has 1 aliphatic carbocycles. The predicted octanol–water partition coefficient (Wildman–Crippen LogP) is 2.91. The Morgan fingerprint density at radius 1 is 0.966 bits per heavy atom. The zero-order valence-corrected chi connectivity index (χ0v) is 16.8. The Kier molecular flexibility index (Phi) is 4.86. The molecule has 2 fully saturated rings. The third-order valence-corrected chi connectivity index (χ3v) is 6.59. The molecule has 1 atom stereocenters. The molecule has 2 amide bonds.